The van der Waals surface area contributed by atoms with Crippen LogP contribution < -0.4 is 0 Å². The molecule has 0 amide bonds. The van der Waals surface area contributed by atoms with E-state index < -0.39 is 0 Å². The van der Waals surface area contributed by atoms with E-state index in [1.54, 1.807) is 6.92 Å². The summed E-state index contributed by atoms with van der Waals surface area (Å²) in [6, 6.07) is 0.542. The van der Waals surface area contributed by atoms with Crippen LogP contribution in [-0.4, -0.2) is 29.8 Å². The summed E-state index contributed by atoms with van der Waals surface area (Å²) in [6.45, 7) is 8.52. The maximum atomic E-state index is 11.0. The molecule has 0 aromatic rings. The van der Waals surface area contributed by atoms with Crippen LogP contribution >= 0.6 is 0 Å². The van der Waals surface area contributed by atoms with Crippen LogP contribution in [0.3, 0.4) is 0 Å². The van der Waals surface area contributed by atoms with E-state index in [0.717, 1.165) is 13.0 Å². The molecule has 76 valence electrons. The molecule has 2 heteroatoms. The van der Waals surface area contributed by atoms with Crippen molar-refractivity contribution in [1.82, 2.24) is 4.90 Å². The zero-order chi connectivity index (χ0) is 9.84. The molecule has 0 aliphatic carbocycles. The Labute approximate surface area is 81.3 Å². The maximum Gasteiger partial charge on any atom is 0.131 e. The molecular weight excluding hydrogens is 162 g/mol. The standard InChI is InChI=1S/C11H21NO/c1-9(2)8-12-6-4-5-11(12)7-10(3)13/h9,11H,4-8H2,1-3H3. The van der Waals surface area contributed by atoms with Gasteiger partial charge in [-0.15, -0.1) is 0 Å². The first kappa shape index (κ1) is 10.7. The summed E-state index contributed by atoms with van der Waals surface area (Å²) in [7, 11) is 0. The van der Waals surface area contributed by atoms with Crippen molar-refractivity contribution in [2.24, 2.45) is 5.92 Å². The summed E-state index contributed by atoms with van der Waals surface area (Å²) < 4.78 is 0. The lowest BCUT2D eigenvalue weighted by molar-refractivity contribution is -0.118. The number of likely N-dealkylation sites (tertiary alicyclic amines) is 1. The lowest BCUT2D eigenvalue weighted by Gasteiger charge is -2.25. The fraction of sp³-hybridized carbons (Fsp3) is 0.909. The molecule has 0 aromatic carbocycles. The number of nitrogens with zero attached hydrogens (tertiary/aromatic N) is 1. The predicted octanol–water partition coefficient (Wildman–Crippen LogP) is 2.09. The zero-order valence-corrected chi connectivity index (χ0v) is 9.05. The van der Waals surface area contributed by atoms with Gasteiger partial charge < -0.3 is 0 Å². The van der Waals surface area contributed by atoms with Gasteiger partial charge in [-0.05, 0) is 32.2 Å². The van der Waals surface area contributed by atoms with Crippen LogP contribution in [0.1, 0.15) is 40.0 Å². The molecule has 1 heterocycles. The number of hydrogen-bond acceptors (Lipinski definition) is 2. The molecule has 0 N–H and O–H groups in total. The molecule has 0 spiro atoms. The minimum atomic E-state index is 0.334. The van der Waals surface area contributed by atoms with E-state index >= 15 is 0 Å². The molecule has 1 saturated heterocycles. The number of hydrogen-bond donors (Lipinski definition) is 0. The second kappa shape index (κ2) is 4.75. The van der Waals surface area contributed by atoms with Gasteiger partial charge in [-0.25, -0.2) is 0 Å². The Morgan fingerprint density at radius 1 is 1.54 bits per heavy atom. The molecule has 1 aliphatic heterocycles. The molecule has 1 fully saturated rings. The zero-order valence-electron chi connectivity index (χ0n) is 9.05. The van der Waals surface area contributed by atoms with Gasteiger partial charge in [-0.2, -0.15) is 0 Å². The van der Waals surface area contributed by atoms with E-state index in [1.165, 1.54) is 19.4 Å². The third-order valence-electron chi connectivity index (χ3n) is 2.62. The van der Waals surface area contributed by atoms with E-state index in [1.807, 2.05) is 0 Å². The first-order valence-electron chi connectivity index (χ1n) is 5.33. The predicted molar refractivity (Wildman–Crippen MR) is 54.7 cm³/mol. The molecule has 0 aromatic heterocycles. The van der Waals surface area contributed by atoms with Crippen molar-refractivity contribution in [1.29, 1.82) is 0 Å². The number of ketones is 1. The van der Waals surface area contributed by atoms with Gasteiger partial charge in [0.2, 0.25) is 0 Å². The normalized spacial score (nSPS) is 24.2. The molecule has 1 rings (SSSR count). The Morgan fingerprint density at radius 2 is 2.23 bits per heavy atom. The lowest BCUT2D eigenvalue weighted by Crippen LogP contribution is -2.33. The third kappa shape index (κ3) is 3.47. The van der Waals surface area contributed by atoms with Crippen LogP contribution in [0.15, 0.2) is 0 Å². The average Bonchev–Trinajstić information content (AvgIpc) is 2.34. The highest BCUT2D eigenvalue weighted by Gasteiger charge is 2.25. The number of carbonyl (C=O) groups is 1. The van der Waals surface area contributed by atoms with Gasteiger partial charge in [-0.1, -0.05) is 13.8 Å². The highest BCUT2D eigenvalue weighted by molar-refractivity contribution is 5.76. The van der Waals surface area contributed by atoms with Crippen molar-refractivity contribution in [3.05, 3.63) is 0 Å². The van der Waals surface area contributed by atoms with Gasteiger partial charge in [0.1, 0.15) is 5.78 Å². The monoisotopic (exact) mass is 183 g/mol. The Morgan fingerprint density at radius 3 is 2.77 bits per heavy atom. The molecule has 13 heavy (non-hydrogen) atoms. The smallest absolute Gasteiger partial charge is 0.131 e. The van der Waals surface area contributed by atoms with Crippen molar-refractivity contribution >= 4 is 5.78 Å². The quantitative estimate of drug-likeness (QED) is 0.665. The summed E-state index contributed by atoms with van der Waals surface area (Å²) in [5, 5.41) is 0. The highest BCUT2D eigenvalue weighted by atomic mass is 16.1. The van der Waals surface area contributed by atoms with E-state index in [9.17, 15) is 4.79 Å². The van der Waals surface area contributed by atoms with Crippen molar-refractivity contribution in [2.75, 3.05) is 13.1 Å². The molecule has 1 unspecified atom stereocenters. The van der Waals surface area contributed by atoms with E-state index in [0.29, 0.717) is 17.7 Å². The summed E-state index contributed by atoms with van der Waals surface area (Å²) in [6.07, 6.45) is 3.24. The van der Waals surface area contributed by atoms with E-state index in [-0.39, 0.29) is 0 Å². The number of rotatable bonds is 4. The van der Waals surface area contributed by atoms with Crippen LogP contribution in [0.25, 0.3) is 0 Å². The van der Waals surface area contributed by atoms with Crippen LogP contribution in [0.2, 0.25) is 0 Å². The highest BCUT2D eigenvalue weighted by Crippen LogP contribution is 2.21. The SMILES string of the molecule is CC(=O)CC1CCCN1CC(C)C. The van der Waals surface area contributed by atoms with Gasteiger partial charge in [0.15, 0.2) is 0 Å². The summed E-state index contributed by atoms with van der Waals surface area (Å²) >= 11 is 0. The molecule has 0 bridgehead atoms. The Kier molecular flexibility index (Phi) is 3.91. The number of carbonyl (C=O) groups excluding carboxylic acids is 1. The average molecular weight is 183 g/mol. The summed E-state index contributed by atoms with van der Waals surface area (Å²) in [4.78, 5) is 13.5. The Balaban J connectivity index is 2.39. The second-order valence-electron chi connectivity index (χ2n) is 4.59. The summed E-state index contributed by atoms with van der Waals surface area (Å²) in [5.41, 5.74) is 0. The molecule has 1 atom stereocenters. The van der Waals surface area contributed by atoms with Crippen molar-refractivity contribution in [3.63, 3.8) is 0 Å². The second-order valence-corrected chi connectivity index (χ2v) is 4.59. The Hall–Kier alpha value is -0.370. The molecule has 0 radical (unpaired) electrons. The maximum absolute atomic E-state index is 11.0. The fourth-order valence-corrected chi connectivity index (χ4v) is 2.17. The van der Waals surface area contributed by atoms with Gasteiger partial charge in [0.05, 0.1) is 0 Å². The van der Waals surface area contributed by atoms with Crippen LogP contribution in [0.5, 0.6) is 0 Å². The third-order valence-corrected chi connectivity index (χ3v) is 2.62. The topological polar surface area (TPSA) is 20.3 Å². The minimum Gasteiger partial charge on any atom is -0.300 e. The molecular formula is C11H21NO. The minimum absolute atomic E-state index is 0.334. The largest absolute Gasteiger partial charge is 0.300 e. The van der Waals surface area contributed by atoms with Crippen LogP contribution in [0.4, 0.5) is 0 Å². The van der Waals surface area contributed by atoms with Gasteiger partial charge in [0, 0.05) is 19.0 Å². The van der Waals surface area contributed by atoms with E-state index in [4.69, 9.17) is 0 Å². The first-order chi connectivity index (χ1) is 6.09. The van der Waals surface area contributed by atoms with Gasteiger partial charge in [-0.3, -0.25) is 9.69 Å². The molecule has 0 saturated carbocycles. The summed E-state index contributed by atoms with van der Waals surface area (Å²) in [5.74, 6) is 1.05. The molecule has 1 aliphatic rings. The van der Waals surface area contributed by atoms with E-state index in [2.05, 4.69) is 18.7 Å². The lowest BCUT2D eigenvalue weighted by atomic mass is 10.1. The van der Waals surface area contributed by atoms with Gasteiger partial charge in [0.25, 0.3) is 0 Å². The van der Waals surface area contributed by atoms with Gasteiger partial charge >= 0.3 is 0 Å². The first-order valence-corrected chi connectivity index (χ1v) is 5.33. The van der Waals surface area contributed by atoms with Crippen molar-refractivity contribution in [2.45, 2.75) is 46.1 Å². The van der Waals surface area contributed by atoms with Crippen LogP contribution in [-0.2, 0) is 4.79 Å². The van der Waals surface area contributed by atoms with Crippen molar-refractivity contribution in [3.8, 4) is 0 Å². The Bertz CT molecular complexity index is 177. The van der Waals surface area contributed by atoms with Crippen LogP contribution in [0, 0.1) is 5.92 Å². The number of Topliss-reactive ketones (excluding diaryl/α,β-unsaturated/α-hetero) is 1. The fourth-order valence-electron chi connectivity index (χ4n) is 2.17. The molecule has 2 nitrogen and oxygen atoms in total. The van der Waals surface area contributed by atoms with Crippen molar-refractivity contribution < 1.29 is 4.79 Å².